The molecular weight excluding hydrogens is 568 g/mol. The number of aromatic carboxylic acids is 1. The van der Waals surface area contributed by atoms with Crippen molar-refractivity contribution in [3.63, 3.8) is 0 Å². The average molecular weight is 601 g/mol. The van der Waals surface area contributed by atoms with Crippen LogP contribution in [0.2, 0.25) is 0 Å². The highest BCUT2D eigenvalue weighted by molar-refractivity contribution is 7.89. The number of carbonyl (C=O) groups is 2. The molecule has 1 fully saturated rings. The second-order valence-corrected chi connectivity index (χ2v) is 13.3. The number of aromatic nitrogens is 3. The molecule has 0 saturated heterocycles. The van der Waals surface area contributed by atoms with E-state index in [1.54, 1.807) is 30.6 Å². The zero-order valence-corrected chi connectivity index (χ0v) is 24.6. The Labute approximate surface area is 249 Å². The second kappa shape index (κ2) is 11.3. The molecule has 2 atom stereocenters. The Morgan fingerprint density at radius 3 is 2.49 bits per heavy atom. The normalized spacial score (nSPS) is 18.0. The summed E-state index contributed by atoms with van der Waals surface area (Å²) in [6.45, 7) is 4.15. The number of nitrogens with zero attached hydrogens (tertiary/aromatic N) is 3. The van der Waals surface area contributed by atoms with E-state index in [2.05, 4.69) is 25.3 Å². The maximum atomic E-state index is 13.8. The fourth-order valence-corrected chi connectivity index (χ4v) is 6.97. The van der Waals surface area contributed by atoms with E-state index in [-0.39, 0.29) is 28.8 Å². The van der Waals surface area contributed by atoms with Crippen molar-refractivity contribution in [2.75, 3.05) is 11.9 Å². The smallest absolute Gasteiger partial charge is 0.337 e. The molecule has 0 unspecified atom stereocenters. The van der Waals surface area contributed by atoms with Crippen molar-refractivity contribution in [2.45, 2.75) is 56.0 Å². The SMILES string of the molecule is CC(C)CNS(=O)(=O)c1cc2c(c3cnc(C4CC4)cc13)[C@H](Nc1cncc(C(=O)O)c1)C[C@H]2NC(=O)c1cccnc1. The van der Waals surface area contributed by atoms with Gasteiger partial charge in [0.25, 0.3) is 5.91 Å². The number of nitrogens with one attached hydrogen (secondary N) is 3. The summed E-state index contributed by atoms with van der Waals surface area (Å²) in [5.41, 5.74) is 3.20. The van der Waals surface area contributed by atoms with Crippen LogP contribution in [-0.2, 0) is 10.0 Å². The van der Waals surface area contributed by atoms with Gasteiger partial charge in [-0.3, -0.25) is 19.7 Å². The molecule has 6 rings (SSSR count). The number of hydrogen-bond donors (Lipinski definition) is 4. The first-order valence-electron chi connectivity index (χ1n) is 14.2. The minimum atomic E-state index is -3.92. The number of anilines is 1. The van der Waals surface area contributed by atoms with E-state index < -0.39 is 28.1 Å². The highest BCUT2D eigenvalue weighted by Gasteiger charge is 2.37. The summed E-state index contributed by atoms with van der Waals surface area (Å²) in [5.74, 6) is -1.03. The number of benzene rings is 1. The van der Waals surface area contributed by atoms with Crippen LogP contribution < -0.4 is 15.4 Å². The van der Waals surface area contributed by atoms with Gasteiger partial charge in [-0.25, -0.2) is 17.9 Å². The van der Waals surface area contributed by atoms with Gasteiger partial charge in [0.2, 0.25) is 10.0 Å². The van der Waals surface area contributed by atoms with Crippen LogP contribution in [0.4, 0.5) is 5.69 Å². The van der Waals surface area contributed by atoms with E-state index in [0.29, 0.717) is 39.9 Å². The van der Waals surface area contributed by atoms with Crippen molar-refractivity contribution < 1.29 is 23.1 Å². The number of fused-ring (bicyclic) bond motifs is 3. The molecule has 1 aromatic carbocycles. The summed E-state index contributed by atoms with van der Waals surface area (Å²) in [6, 6.07) is 7.41. The monoisotopic (exact) mass is 600 g/mol. The molecule has 12 heteroatoms. The van der Waals surface area contributed by atoms with Gasteiger partial charge >= 0.3 is 5.97 Å². The standard InChI is InChI=1S/C31H32N6O5S/c1-17(2)12-35-43(41,42)28-10-23-26(37-30(38)19-4-3-7-32-13-19)11-27(36-21-8-20(31(39)40)14-33-15-21)29(23)24-16-34-25(9-22(24)28)18-5-6-18/h3-4,7-10,13-18,26-27,35-36H,5-6,11-12H2,1-2H3,(H,37,38)(H,39,40)/t26-,27-/m1/s1. The lowest BCUT2D eigenvalue weighted by Gasteiger charge is -2.19. The third kappa shape index (κ3) is 5.93. The number of carboxylic acid groups (broad SMARTS) is 1. The van der Waals surface area contributed by atoms with Crippen LogP contribution >= 0.6 is 0 Å². The summed E-state index contributed by atoms with van der Waals surface area (Å²) in [5, 5.41) is 17.2. The minimum Gasteiger partial charge on any atom is -0.478 e. The van der Waals surface area contributed by atoms with Crippen molar-refractivity contribution in [1.29, 1.82) is 0 Å². The van der Waals surface area contributed by atoms with Crippen molar-refractivity contribution in [3.8, 4) is 0 Å². The van der Waals surface area contributed by atoms with Gasteiger partial charge in [-0.1, -0.05) is 13.8 Å². The fraction of sp³-hybridized carbons (Fsp3) is 0.323. The van der Waals surface area contributed by atoms with Gasteiger partial charge in [-0.05, 0) is 66.6 Å². The molecule has 0 spiro atoms. The molecule has 222 valence electrons. The zero-order chi connectivity index (χ0) is 30.3. The van der Waals surface area contributed by atoms with Crippen molar-refractivity contribution in [2.24, 2.45) is 5.92 Å². The first kappa shape index (κ1) is 28.7. The molecule has 11 nitrogen and oxygen atoms in total. The molecule has 3 heterocycles. The Morgan fingerprint density at radius 1 is 1.00 bits per heavy atom. The van der Waals surface area contributed by atoms with Crippen molar-refractivity contribution >= 4 is 38.4 Å². The maximum Gasteiger partial charge on any atom is 0.337 e. The summed E-state index contributed by atoms with van der Waals surface area (Å²) in [4.78, 5) is 37.8. The number of hydrogen-bond acceptors (Lipinski definition) is 8. The maximum absolute atomic E-state index is 13.8. The molecule has 0 bridgehead atoms. The van der Waals surface area contributed by atoms with Crippen LogP contribution in [0, 0.1) is 5.92 Å². The van der Waals surface area contributed by atoms with Gasteiger partial charge in [-0.15, -0.1) is 0 Å². The van der Waals surface area contributed by atoms with Gasteiger partial charge in [-0.2, -0.15) is 0 Å². The lowest BCUT2D eigenvalue weighted by Crippen LogP contribution is -2.29. The van der Waals surface area contributed by atoms with E-state index in [4.69, 9.17) is 4.98 Å². The van der Waals surface area contributed by atoms with Gasteiger partial charge < -0.3 is 15.7 Å². The van der Waals surface area contributed by atoms with Crippen molar-refractivity contribution in [3.05, 3.63) is 89.3 Å². The number of carbonyl (C=O) groups excluding carboxylic acids is 1. The molecule has 0 radical (unpaired) electrons. The van der Waals surface area contributed by atoms with Crippen LogP contribution in [0.25, 0.3) is 10.8 Å². The zero-order valence-electron chi connectivity index (χ0n) is 23.7. The van der Waals surface area contributed by atoms with Gasteiger partial charge in [0.05, 0.1) is 33.8 Å². The first-order valence-corrected chi connectivity index (χ1v) is 15.7. The number of sulfonamides is 1. The molecule has 0 aliphatic heterocycles. The lowest BCUT2D eigenvalue weighted by molar-refractivity contribution is 0.0696. The third-order valence-electron chi connectivity index (χ3n) is 7.80. The molecule has 2 aliphatic carbocycles. The van der Waals surface area contributed by atoms with Crippen LogP contribution in [-0.4, -0.2) is 46.9 Å². The van der Waals surface area contributed by atoms with Crippen LogP contribution in [0.1, 0.15) is 88.6 Å². The summed E-state index contributed by atoms with van der Waals surface area (Å²) >= 11 is 0. The molecule has 3 aromatic heterocycles. The molecule has 2 aliphatic rings. The molecular formula is C31H32N6O5S. The van der Waals surface area contributed by atoms with E-state index in [1.807, 2.05) is 19.9 Å². The molecule has 4 N–H and O–H groups in total. The highest BCUT2D eigenvalue weighted by atomic mass is 32.2. The first-order chi connectivity index (χ1) is 20.6. The van der Waals surface area contributed by atoms with Gasteiger partial charge in [0, 0.05) is 59.9 Å². The highest BCUT2D eigenvalue weighted by Crippen LogP contribution is 2.47. The fourth-order valence-electron chi connectivity index (χ4n) is 5.52. The molecule has 1 amide bonds. The Morgan fingerprint density at radius 2 is 1.79 bits per heavy atom. The van der Waals surface area contributed by atoms with E-state index in [1.165, 1.54) is 24.7 Å². The lowest BCUT2D eigenvalue weighted by atomic mass is 9.98. The predicted octanol–water partition coefficient (Wildman–Crippen LogP) is 4.56. The van der Waals surface area contributed by atoms with E-state index >= 15 is 0 Å². The van der Waals surface area contributed by atoms with Crippen LogP contribution in [0.15, 0.2) is 66.2 Å². The van der Waals surface area contributed by atoms with E-state index in [9.17, 15) is 23.1 Å². The third-order valence-corrected chi connectivity index (χ3v) is 9.26. The molecule has 4 aromatic rings. The number of rotatable bonds is 10. The molecule has 43 heavy (non-hydrogen) atoms. The Balaban J connectivity index is 1.50. The summed E-state index contributed by atoms with van der Waals surface area (Å²) < 4.78 is 30.3. The number of amides is 1. The number of pyridine rings is 3. The number of carboxylic acids is 1. The Kier molecular flexibility index (Phi) is 7.57. The van der Waals surface area contributed by atoms with Gasteiger partial charge in [0.15, 0.2) is 0 Å². The van der Waals surface area contributed by atoms with Crippen molar-refractivity contribution in [1.82, 2.24) is 25.0 Å². The summed E-state index contributed by atoms with van der Waals surface area (Å²) in [7, 11) is -3.92. The Hall–Kier alpha value is -4.42. The quantitative estimate of drug-likeness (QED) is 0.204. The summed E-state index contributed by atoms with van der Waals surface area (Å²) in [6.07, 6.45) is 9.99. The Bertz CT molecular complexity index is 1830. The van der Waals surface area contributed by atoms with E-state index in [0.717, 1.165) is 24.1 Å². The van der Waals surface area contributed by atoms with Gasteiger partial charge in [0.1, 0.15) is 0 Å². The van der Waals surface area contributed by atoms with Crippen LogP contribution in [0.3, 0.4) is 0 Å². The predicted molar refractivity (Wildman–Crippen MR) is 160 cm³/mol. The largest absolute Gasteiger partial charge is 0.478 e. The second-order valence-electron chi connectivity index (χ2n) is 11.5. The molecule has 1 saturated carbocycles. The average Bonchev–Trinajstić information content (AvgIpc) is 3.79. The van der Waals surface area contributed by atoms with Crippen LogP contribution in [0.5, 0.6) is 0 Å². The minimum absolute atomic E-state index is 0.0305. The topological polar surface area (TPSA) is 163 Å².